The zero-order valence-corrected chi connectivity index (χ0v) is 18.6. The van der Waals surface area contributed by atoms with Gasteiger partial charge in [0.1, 0.15) is 0 Å². The highest BCUT2D eigenvalue weighted by Gasteiger charge is 2.23. The summed E-state index contributed by atoms with van der Waals surface area (Å²) in [5.74, 6) is 0. The molecule has 1 saturated heterocycles. The van der Waals surface area contributed by atoms with Gasteiger partial charge in [-0.1, -0.05) is 58.0 Å². The van der Waals surface area contributed by atoms with Crippen molar-refractivity contribution in [3.63, 3.8) is 0 Å². The van der Waals surface area contributed by atoms with Crippen molar-refractivity contribution in [3.8, 4) is 0 Å². The van der Waals surface area contributed by atoms with Gasteiger partial charge in [-0.05, 0) is 37.1 Å². The molecule has 4 nitrogen and oxygen atoms in total. The van der Waals surface area contributed by atoms with Gasteiger partial charge in [0.05, 0.1) is 30.5 Å². The Balaban J connectivity index is 1.38. The van der Waals surface area contributed by atoms with E-state index < -0.39 is 0 Å². The van der Waals surface area contributed by atoms with E-state index in [0.29, 0.717) is 0 Å². The average Bonchev–Trinajstić information content (AvgIpc) is 3.34. The molecule has 0 radical (unpaired) electrons. The van der Waals surface area contributed by atoms with E-state index >= 15 is 0 Å². The fraction of sp³-hybridized carbons (Fsp3) is 0.300. The van der Waals surface area contributed by atoms with Crippen LogP contribution in [0.4, 0.5) is 10.3 Å². The number of rotatable bonds is 2. The molecular formula is C20H18Cl2N4S2. The minimum atomic E-state index is 0.782. The summed E-state index contributed by atoms with van der Waals surface area (Å²) in [6.07, 6.45) is 0. The normalized spacial score (nSPS) is 15.1. The lowest BCUT2D eigenvalue weighted by atomic mass is 10.2. The van der Waals surface area contributed by atoms with Gasteiger partial charge < -0.3 is 9.80 Å². The monoisotopic (exact) mass is 448 g/mol. The molecule has 0 atom stereocenters. The van der Waals surface area contributed by atoms with E-state index in [1.165, 1.54) is 11.1 Å². The summed E-state index contributed by atoms with van der Waals surface area (Å²) in [6, 6.07) is 7.98. The molecule has 8 heteroatoms. The van der Waals surface area contributed by atoms with Crippen molar-refractivity contribution >= 4 is 76.6 Å². The molecule has 1 aliphatic rings. The van der Waals surface area contributed by atoms with Crippen molar-refractivity contribution in [1.29, 1.82) is 0 Å². The zero-order valence-electron chi connectivity index (χ0n) is 15.5. The van der Waals surface area contributed by atoms with Crippen LogP contribution in [0.2, 0.25) is 10.0 Å². The highest BCUT2D eigenvalue weighted by molar-refractivity contribution is 7.23. The number of piperazine rings is 1. The Kier molecular flexibility index (Phi) is 4.62. The third kappa shape index (κ3) is 3.03. The van der Waals surface area contributed by atoms with Crippen LogP contribution in [0, 0.1) is 13.8 Å². The maximum absolute atomic E-state index is 6.37. The minimum absolute atomic E-state index is 0.782. The number of anilines is 2. The lowest BCUT2D eigenvalue weighted by Gasteiger charge is -2.34. The number of aromatic nitrogens is 2. The van der Waals surface area contributed by atoms with Crippen molar-refractivity contribution < 1.29 is 0 Å². The van der Waals surface area contributed by atoms with Crippen molar-refractivity contribution in [2.24, 2.45) is 0 Å². The summed E-state index contributed by atoms with van der Waals surface area (Å²) in [5, 5.41) is 3.66. The molecular weight excluding hydrogens is 431 g/mol. The standard InChI is InChI=1S/C20H18Cl2N4S2/c1-11-3-5-13(21)17-15(11)23-19(27-17)25-7-9-26(10-8-25)20-24-16-12(2)4-6-14(22)18(16)28-20/h3-6H,7-10H2,1-2H3. The zero-order chi connectivity index (χ0) is 19.4. The molecule has 5 rings (SSSR count). The molecule has 0 bridgehead atoms. The molecule has 3 heterocycles. The van der Waals surface area contributed by atoms with Crippen molar-refractivity contribution in [2.75, 3.05) is 36.0 Å². The van der Waals surface area contributed by atoms with E-state index in [1.807, 2.05) is 24.3 Å². The maximum Gasteiger partial charge on any atom is 0.186 e. The predicted molar refractivity (Wildman–Crippen MR) is 123 cm³/mol. The lowest BCUT2D eigenvalue weighted by Crippen LogP contribution is -2.46. The summed E-state index contributed by atoms with van der Waals surface area (Å²) in [7, 11) is 0. The predicted octanol–water partition coefficient (Wildman–Crippen LogP) is 6.16. The van der Waals surface area contributed by atoms with Crippen LogP contribution in [0.5, 0.6) is 0 Å². The Bertz CT molecular complexity index is 1020. The number of benzene rings is 2. The van der Waals surface area contributed by atoms with E-state index in [-0.39, 0.29) is 0 Å². The van der Waals surface area contributed by atoms with Gasteiger partial charge in [0.25, 0.3) is 0 Å². The largest absolute Gasteiger partial charge is 0.345 e. The first-order chi connectivity index (χ1) is 13.5. The number of nitrogens with zero attached hydrogens (tertiary/aromatic N) is 4. The summed E-state index contributed by atoms with van der Waals surface area (Å²) >= 11 is 16.1. The van der Waals surface area contributed by atoms with Crippen LogP contribution < -0.4 is 9.80 Å². The van der Waals surface area contributed by atoms with Crippen LogP contribution in [-0.2, 0) is 0 Å². The number of hydrogen-bond acceptors (Lipinski definition) is 6. The molecule has 2 aromatic carbocycles. The Hall–Kier alpha value is -1.60. The van der Waals surface area contributed by atoms with E-state index in [2.05, 4.69) is 23.6 Å². The second-order valence-corrected chi connectivity index (χ2v) is 9.82. The minimum Gasteiger partial charge on any atom is -0.345 e. The van der Waals surface area contributed by atoms with Crippen LogP contribution >= 0.6 is 45.9 Å². The van der Waals surface area contributed by atoms with Crippen LogP contribution in [0.25, 0.3) is 20.4 Å². The third-order valence-corrected chi connectivity index (χ3v) is 8.35. The molecule has 1 aliphatic heterocycles. The molecule has 144 valence electrons. The van der Waals surface area contributed by atoms with Crippen molar-refractivity contribution in [1.82, 2.24) is 9.97 Å². The quantitative estimate of drug-likeness (QED) is 0.367. The number of fused-ring (bicyclic) bond motifs is 2. The summed E-state index contributed by atoms with van der Waals surface area (Å²) in [4.78, 5) is 14.4. The van der Waals surface area contributed by atoms with Gasteiger partial charge in [-0.3, -0.25) is 0 Å². The highest BCUT2D eigenvalue weighted by atomic mass is 35.5. The summed E-state index contributed by atoms with van der Waals surface area (Å²) in [6.45, 7) is 7.83. The number of halogens is 2. The molecule has 0 amide bonds. The fourth-order valence-electron chi connectivity index (χ4n) is 3.54. The van der Waals surface area contributed by atoms with Gasteiger partial charge in [0, 0.05) is 26.2 Å². The van der Waals surface area contributed by atoms with Crippen molar-refractivity contribution in [2.45, 2.75) is 13.8 Å². The SMILES string of the molecule is Cc1ccc(Cl)c2sc(N3CCN(c4nc5c(C)ccc(Cl)c5s4)CC3)nc12. The number of hydrogen-bond donors (Lipinski definition) is 0. The molecule has 0 spiro atoms. The van der Waals surface area contributed by atoms with E-state index in [1.54, 1.807) is 22.7 Å². The van der Waals surface area contributed by atoms with Crippen LogP contribution in [-0.4, -0.2) is 36.1 Å². The fourth-order valence-corrected chi connectivity index (χ4v) is 6.28. The lowest BCUT2D eigenvalue weighted by molar-refractivity contribution is 0.651. The third-order valence-electron chi connectivity index (χ3n) is 5.19. The second kappa shape index (κ2) is 7.02. The molecule has 0 N–H and O–H groups in total. The van der Waals surface area contributed by atoms with E-state index in [9.17, 15) is 0 Å². The Morgan fingerprint density at radius 3 is 1.46 bits per heavy atom. The molecule has 0 aliphatic carbocycles. The van der Waals surface area contributed by atoms with E-state index in [0.717, 1.165) is 66.9 Å². The first-order valence-electron chi connectivity index (χ1n) is 9.12. The molecule has 4 aromatic rings. The van der Waals surface area contributed by atoms with Crippen LogP contribution in [0.3, 0.4) is 0 Å². The molecule has 2 aromatic heterocycles. The van der Waals surface area contributed by atoms with Crippen molar-refractivity contribution in [3.05, 3.63) is 45.4 Å². The smallest absolute Gasteiger partial charge is 0.186 e. The summed E-state index contributed by atoms with van der Waals surface area (Å²) < 4.78 is 2.16. The Morgan fingerprint density at radius 1 is 0.714 bits per heavy atom. The number of aryl methyl sites for hydroxylation is 2. The first-order valence-corrected chi connectivity index (χ1v) is 11.5. The second-order valence-electron chi connectivity index (χ2n) is 7.05. The number of thiazole rings is 2. The van der Waals surface area contributed by atoms with E-state index in [4.69, 9.17) is 33.2 Å². The molecule has 0 saturated carbocycles. The molecule has 1 fully saturated rings. The van der Waals surface area contributed by atoms with Gasteiger partial charge in [0.2, 0.25) is 0 Å². The topological polar surface area (TPSA) is 32.3 Å². The van der Waals surface area contributed by atoms with Gasteiger partial charge >= 0.3 is 0 Å². The molecule has 0 unspecified atom stereocenters. The van der Waals surface area contributed by atoms with Crippen LogP contribution in [0.15, 0.2) is 24.3 Å². The first kappa shape index (κ1) is 18.4. The van der Waals surface area contributed by atoms with Gasteiger partial charge in [-0.2, -0.15) is 0 Å². The summed E-state index contributed by atoms with van der Waals surface area (Å²) in [5.41, 5.74) is 4.38. The van der Waals surface area contributed by atoms with Gasteiger partial charge in [-0.15, -0.1) is 0 Å². The van der Waals surface area contributed by atoms with Gasteiger partial charge in [-0.25, -0.2) is 9.97 Å². The highest BCUT2D eigenvalue weighted by Crippen LogP contribution is 2.38. The van der Waals surface area contributed by atoms with Gasteiger partial charge in [0.15, 0.2) is 10.3 Å². The maximum atomic E-state index is 6.37. The van der Waals surface area contributed by atoms with Crippen LogP contribution in [0.1, 0.15) is 11.1 Å². The molecule has 28 heavy (non-hydrogen) atoms. The Morgan fingerprint density at radius 2 is 1.11 bits per heavy atom. The average molecular weight is 449 g/mol. The Labute approximate surface area is 181 Å².